The molecule has 1 amide bonds. The molecular weight excluding hydrogens is 278 g/mol. The van der Waals surface area contributed by atoms with Crippen LogP contribution in [0.5, 0.6) is 0 Å². The van der Waals surface area contributed by atoms with Gasteiger partial charge in [-0.3, -0.25) is 9.59 Å². The molecule has 1 aliphatic heterocycles. The van der Waals surface area contributed by atoms with Gasteiger partial charge in [0.25, 0.3) is 0 Å². The average Bonchev–Trinajstić information content (AvgIpc) is 3.08. The zero-order valence-corrected chi connectivity index (χ0v) is 12.1. The first-order valence-corrected chi connectivity index (χ1v) is 7.53. The van der Waals surface area contributed by atoms with Crippen molar-refractivity contribution in [1.29, 1.82) is 0 Å². The molecule has 2 atom stereocenters. The van der Waals surface area contributed by atoms with Gasteiger partial charge in [0.15, 0.2) is 5.78 Å². The van der Waals surface area contributed by atoms with E-state index in [-0.39, 0.29) is 18.1 Å². The number of carbonyl (C=O) groups excluding carboxylic acids is 2. The lowest BCUT2D eigenvalue weighted by molar-refractivity contribution is -0.149. The Labute approximate surface area is 121 Å². The van der Waals surface area contributed by atoms with E-state index in [1.165, 1.54) is 16.2 Å². The van der Waals surface area contributed by atoms with Crippen LogP contribution in [0.3, 0.4) is 0 Å². The first-order valence-electron chi connectivity index (χ1n) is 6.59. The molecule has 1 unspecified atom stereocenters. The Morgan fingerprint density at radius 2 is 2.25 bits per heavy atom. The van der Waals surface area contributed by atoms with Crippen molar-refractivity contribution in [2.75, 3.05) is 6.54 Å². The molecule has 20 heavy (non-hydrogen) atoms. The number of nitrogens with zero attached hydrogens (tertiary/aromatic N) is 1. The van der Waals surface area contributed by atoms with Gasteiger partial charge in [-0.05, 0) is 24.3 Å². The Kier molecular flexibility index (Phi) is 4.54. The maximum absolute atomic E-state index is 12.3. The van der Waals surface area contributed by atoms with E-state index in [1.807, 2.05) is 5.38 Å². The fraction of sp³-hybridized carbons (Fsp3) is 0.500. The van der Waals surface area contributed by atoms with Crippen LogP contribution >= 0.6 is 11.3 Å². The van der Waals surface area contributed by atoms with Crippen LogP contribution in [0.15, 0.2) is 16.8 Å². The molecule has 1 fully saturated rings. The zero-order chi connectivity index (χ0) is 14.7. The van der Waals surface area contributed by atoms with Crippen molar-refractivity contribution in [2.24, 2.45) is 5.92 Å². The number of likely N-dealkylation sites (tertiary alicyclic amines) is 1. The highest BCUT2D eigenvalue weighted by atomic mass is 32.1. The minimum Gasteiger partial charge on any atom is -0.480 e. The van der Waals surface area contributed by atoms with Gasteiger partial charge in [0.1, 0.15) is 6.04 Å². The lowest BCUT2D eigenvalue weighted by Gasteiger charge is -2.24. The fourth-order valence-corrected chi connectivity index (χ4v) is 3.14. The molecule has 0 saturated carbocycles. The standard InChI is InChI=1S/C14H17NO4S/c1-9(7-12(16)10-4-6-20-8-10)13(17)15-5-2-3-11(15)14(18)19/h4,6,8-9,11H,2-3,5,7H2,1H3,(H,18,19)/t9?,11-/m0/s1. The summed E-state index contributed by atoms with van der Waals surface area (Å²) in [5.41, 5.74) is 0.617. The third-order valence-electron chi connectivity index (χ3n) is 3.58. The Balaban J connectivity index is 1.98. The minimum absolute atomic E-state index is 0.0711. The van der Waals surface area contributed by atoms with Crippen molar-refractivity contribution in [3.8, 4) is 0 Å². The van der Waals surface area contributed by atoms with Crippen molar-refractivity contribution in [2.45, 2.75) is 32.2 Å². The number of carbonyl (C=O) groups is 3. The lowest BCUT2D eigenvalue weighted by atomic mass is 10.00. The number of ketones is 1. The van der Waals surface area contributed by atoms with Gasteiger partial charge in [0, 0.05) is 29.8 Å². The van der Waals surface area contributed by atoms with E-state index in [0.717, 1.165) is 0 Å². The van der Waals surface area contributed by atoms with Crippen LogP contribution in [-0.2, 0) is 9.59 Å². The molecule has 1 aliphatic rings. The molecule has 108 valence electrons. The molecule has 0 spiro atoms. The summed E-state index contributed by atoms with van der Waals surface area (Å²) in [5.74, 6) is -1.76. The van der Waals surface area contributed by atoms with Gasteiger partial charge in [-0.25, -0.2) is 4.79 Å². The average molecular weight is 295 g/mol. The topological polar surface area (TPSA) is 74.7 Å². The predicted molar refractivity (Wildman–Crippen MR) is 74.8 cm³/mol. The molecule has 5 nitrogen and oxygen atoms in total. The van der Waals surface area contributed by atoms with Crippen molar-refractivity contribution in [3.63, 3.8) is 0 Å². The number of hydrogen-bond acceptors (Lipinski definition) is 4. The van der Waals surface area contributed by atoms with E-state index in [0.29, 0.717) is 24.9 Å². The monoisotopic (exact) mass is 295 g/mol. The Bertz CT molecular complexity index is 511. The molecule has 0 aromatic carbocycles. The molecule has 6 heteroatoms. The third kappa shape index (κ3) is 3.07. The summed E-state index contributed by atoms with van der Waals surface area (Å²) in [6.07, 6.45) is 1.32. The highest BCUT2D eigenvalue weighted by molar-refractivity contribution is 7.08. The van der Waals surface area contributed by atoms with E-state index >= 15 is 0 Å². The quantitative estimate of drug-likeness (QED) is 0.843. The van der Waals surface area contributed by atoms with Gasteiger partial charge in [-0.1, -0.05) is 6.92 Å². The van der Waals surface area contributed by atoms with E-state index in [4.69, 9.17) is 5.11 Å². The van der Waals surface area contributed by atoms with Gasteiger partial charge >= 0.3 is 5.97 Å². The molecule has 2 rings (SSSR count). The molecule has 1 N–H and O–H groups in total. The second-order valence-corrected chi connectivity index (χ2v) is 5.85. The second kappa shape index (κ2) is 6.17. The van der Waals surface area contributed by atoms with Crippen LogP contribution in [0.4, 0.5) is 0 Å². The number of carboxylic acids is 1. The summed E-state index contributed by atoms with van der Waals surface area (Å²) in [4.78, 5) is 36.7. The fourth-order valence-electron chi connectivity index (χ4n) is 2.48. The second-order valence-electron chi connectivity index (χ2n) is 5.07. The number of carboxylic acid groups (broad SMARTS) is 1. The molecule has 0 aliphatic carbocycles. The van der Waals surface area contributed by atoms with E-state index in [9.17, 15) is 14.4 Å². The van der Waals surface area contributed by atoms with E-state index in [2.05, 4.69) is 0 Å². The summed E-state index contributed by atoms with van der Waals surface area (Å²) < 4.78 is 0. The molecule has 1 aromatic heterocycles. The van der Waals surface area contributed by atoms with Gasteiger partial charge < -0.3 is 10.0 Å². The third-order valence-corrected chi connectivity index (χ3v) is 4.26. The highest BCUT2D eigenvalue weighted by Gasteiger charge is 2.36. The number of rotatable bonds is 5. The largest absolute Gasteiger partial charge is 0.480 e. The van der Waals surface area contributed by atoms with Gasteiger partial charge in [0.05, 0.1) is 0 Å². The first-order chi connectivity index (χ1) is 9.50. The van der Waals surface area contributed by atoms with Crippen LogP contribution in [0.25, 0.3) is 0 Å². The van der Waals surface area contributed by atoms with Gasteiger partial charge in [-0.15, -0.1) is 0 Å². The van der Waals surface area contributed by atoms with E-state index in [1.54, 1.807) is 18.4 Å². The normalized spacial score (nSPS) is 19.9. The molecule has 2 heterocycles. The number of thiophene rings is 1. The van der Waals surface area contributed by atoms with Crippen LogP contribution in [0.2, 0.25) is 0 Å². The molecular formula is C14H17NO4S. The highest BCUT2D eigenvalue weighted by Crippen LogP contribution is 2.22. The van der Waals surface area contributed by atoms with Crippen molar-refractivity contribution in [3.05, 3.63) is 22.4 Å². The predicted octanol–water partition coefficient (Wildman–Crippen LogP) is 2.03. The number of Topliss-reactive ketones (excluding diaryl/α,β-unsaturated/α-hetero) is 1. The Hall–Kier alpha value is -1.69. The first kappa shape index (κ1) is 14.7. The van der Waals surface area contributed by atoms with Gasteiger partial charge in [-0.2, -0.15) is 11.3 Å². The van der Waals surface area contributed by atoms with Crippen LogP contribution in [0, 0.1) is 5.92 Å². The minimum atomic E-state index is -0.966. The Morgan fingerprint density at radius 1 is 1.50 bits per heavy atom. The molecule has 1 aromatic rings. The Morgan fingerprint density at radius 3 is 2.85 bits per heavy atom. The summed E-state index contributed by atoms with van der Waals surface area (Å²) in [6.45, 7) is 2.15. The van der Waals surface area contributed by atoms with Gasteiger partial charge in [0.2, 0.25) is 5.91 Å². The SMILES string of the molecule is CC(CC(=O)c1ccsc1)C(=O)N1CCC[C@H]1C(=O)O. The lowest BCUT2D eigenvalue weighted by Crippen LogP contribution is -2.43. The summed E-state index contributed by atoms with van der Waals surface area (Å²) >= 11 is 1.44. The van der Waals surface area contributed by atoms with E-state index < -0.39 is 17.9 Å². The molecule has 0 radical (unpaired) electrons. The van der Waals surface area contributed by atoms with Crippen molar-refractivity contribution < 1.29 is 19.5 Å². The number of hydrogen-bond donors (Lipinski definition) is 1. The van der Waals surface area contributed by atoms with Crippen LogP contribution in [0.1, 0.15) is 36.5 Å². The zero-order valence-electron chi connectivity index (χ0n) is 11.2. The van der Waals surface area contributed by atoms with Crippen molar-refractivity contribution in [1.82, 2.24) is 4.90 Å². The molecule has 1 saturated heterocycles. The van der Waals surface area contributed by atoms with Crippen molar-refractivity contribution >= 4 is 29.0 Å². The smallest absolute Gasteiger partial charge is 0.326 e. The summed E-state index contributed by atoms with van der Waals surface area (Å²) in [7, 11) is 0. The maximum atomic E-state index is 12.3. The number of aliphatic carboxylic acids is 1. The summed E-state index contributed by atoms with van der Waals surface area (Å²) in [6, 6.07) is 1.00. The van der Waals surface area contributed by atoms with Crippen LogP contribution < -0.4 is 0 Å². The number of amides is 1. The maximum Gasteiger partial charge on any atom is 0.326 e. The molecule has 0 bridgehead atoms. The van der Waals surface area contributed by atoms with Crippen LogP contribution in [-0.4, -0.2) is 40.3 Å². The summed E-state index contributed by atoms with van der Waals surface area (Å²) in [5, 5.41) is 12.7.